The molecule has 18 heavy (non-hydrogen) atoms. The van der Waals surface area contributed by atoms with Gasteiger partial charge in [0.25, 0.3) is 0 Å². The van der Waals surface area contributed by atoms with Crippen LogP contribution >= 0.6 is 12.4 Å². The number of anilines is 1. The van der Waals surface area contributed by atoms with E-state index in [4.69, 9.17) is 0 Å². The molecule has 0 bridgehead atoms. The Balaban J connectivity index is 0.00000120. The van der Waals surface area contributed by atoms with Crippen LogP contribution in [0.3, 0.4) is 0 Å². The van der Waals surface area contributed by atoms with E-state index in [1.165, 1.54) is 24.6 Å². The zero-order valence-electron chi connectivity index (χ0n) is 10.5. The maximum absolute atomic E-state index is 4.50. The largest absolute Gasteiger partial charge is 0.353 e. The van der Waals surface area contributed by atoms with Crippen LogP contribution in [0.15, 0.2) is 30.6 Å². The van der Waals surface area contributed by atoms with Gasteiger partial charge in [0.15, 0.2) is 0 Å². The molecule has 4 heteroatoms. The van der Waals surface area contributed by atoms with Gasteiger partial charge < -0.3 is 4.90 Å². The fraction of sp³-hybridized carbons (Fsp3) is 0.429. The molecule has 1 aliphatic rings. The lowest BCUT2D eigenvalue weighted by molar-refractivity contribution is 0.482. The predicted molar refractivity (Wildman–Crippen MR) is 77.4 cm³/mol. The topological polar surface area (TPSA) is 29.0 Å². The van der Waals surface area contributed by atoms with Gasteiger partial charge in [-0.15, -0.1) is 12.4 Å². The SMILES string of the molecule is CC1CCCCN1c1ncnc2ccccc12.Cl. The first-order valence-electron chi connectivity index (χ1n) is 6.32. The van der Waals surface area contributed by atoms with E-state index in [0.29, 0.717) is 6.04 Å². The van der Waals surface area contributed by atoms with Crippen molar-refractivity contribution in [3.05, 3.63) is 30.6 Å². The van der Waals surface area contributed by atoms with Gasteiger partial charge in [-0.25, -0.2) is 9.97 Å². The van der Waals surface area contributed by atoms with Crippen LogP contribution in [-0.2, 0) is 0 Å². The molecule has 1 saturated heterocycles. The molecule has 1 aliphatic heterocycles. The van der Waals surface area contributed by atoms with Gasteiger partial charge >= 0.3 is 0 Å². The second-order valence-corrected chi connectivity index (χ2v) is 4.75. The molecule has 0 N–H and O–H groups in total. The van der Waals surface area contributed by atoms with Crippen LogP contribution in [0, 0.1) is 0 Å². The molecule has 3 rings (SSSR count). The minimum absolute atomic E-state index is 0. The second-order valence-electron chi connectivity index (χ2n) is 4.75. The zero-order chi connectivity index (χ0) is 11.7. The summed E-state index contributed by atoms with van der Waals surface area (Å²) in [6.07, 6.45) is 5.54. The third kappa shape index (κ3) is 2.27. The first-order chi connectivity index (χ1) is 8.36. The van der Waals surface area contributed by atoms with Gasteiger partial charge in [0, 0.05) is 18.0 Å². The maximum atomic E-state index is 4.50. The average molecular weight is 264 g/mol. The average Bonchev–Trinajstić information content (AvgIpc) is 2.39. The van der Waals surface area contributed by atoms with E-state index < -0.39 is 0 Å². The molecule has 1 unspecified atom stereocenters. The lowest BCUT2D eigenvalue weighted by Gasteiger charge is -2.34. The van der Waals surface area contributed by atoms with Gasteiger partial charge in [-0.3, -0.25) is 0 Å². The molecule has 0 radical (unpaired) electrons. The fourth-order valence-electron chi connectivity index (χ4n) is 2.63. The van der Waals surface area contributed by atoms with Gasteiger partial charge in [0.05, 0.1) is 5.52 Å². The normalized spacial score (nSPS) is 19.6. The van der Waals surface area contributed by atoms with E-state index in [9.17, 15) is 0 Å². The minimum atomic E-state index is 0. The van der Waals surface area contributed by atoms with Crippen molar-refractivity contribution in [1.82, 2.24) is 9.97 Å². The molecular formula is C14H18ClN3. The van der Waals surface area contributed by atoms with Crippen molar-refractivity contribution in [3.8, 4) is 0 Å². The number of piperidine rings is 1. The van der Waals surface area contributed by atoms with Crippen LogP contribution in [0.4, 0.5) is 5.82 Å². The van der Waals surface area contributed by atoms with Crippen molar-refractivity contribution in [1.29, 1.82) is 0 Å². The van der Waals surface area contributed by atoms with Crippen LogP contribution < -0.4 is 4.90 Å². The molecular weight excluding hydrogens is 246 g/mol. The number of benzene rings is 1. The molecule has 1 atom stereocenters. The molecule has 1 fully saturated rings. The van der Waals surface area contributed by atoms with Gasteiger partial charge in [0.1, 0.15) is 12.1 Å². The molecule has 0 aliphatic carbocycles. The molecule has 0 amide bonds. The van der Waals surface area contributed by atoms with Crippen LogP contribution in [0.1, 0.15) is 26.2 Å². The quantitative estimate of drug-likeness (QED) is 0.789. The summed E-state index contributed by atoms with van der Waals surface area (Å²) in [5, 5.41) is 1.17. The number of nitrogens with zero attached hydrogens (tertiary/aromatic N) is 3. The van der Waals surface area contributed by atoms with Crippen LogP contribution in [0.5, 0.6) is 0 Å². The summed E-state index contributed by atoms with van der Waals surface area (Å²) in [6.45, 7) is 3.40. The van der Waals surface area contributed by atoms with Gasteiger partial charge in [0.2, 0.25) is 0 Å². The summed E-state index contributed by atoms with van der Waals surface area (Å²) in [5.41, 5.74) is 1.04. The molecule has 2 aromatic rings. The van der Waals surface area contributed by atoms with Crippen molar-refractivity contribution in [3.63, 3.8) is 0 Å². The Hall–Kier alpha value is -1.35. The van der Waals surface area contributed by atoms with Crippen molar-refractivity contribution in [2.45, 2.75) is 32.2 Å². The van der Waals surface area contributed by atoms with E-state index in [1.807, 2.05) is 6.07 Å². The van der Waals surface area contributed by atoms with Crippen molar-refractivity contribution >= 4 is 29.1 Å². The van der Waals surface area contributed by atoms with Crippen LogP contribution in [0.2, 0.25) is 0 Å². The number of fused-ring (bicyclic) bond motifs is 1. The summed E-state index contributed by atoms with van der Waals surface area (Å²) >= 11 is 0. The van der Waals surface area contributed by atoms with Gasteiger partial charge in [-0.1, -0.05) is 12.1 Å². The first-order valence-corrected chi connectivity index (χ1v) is 6.32. The highest BCUT2D eigenvalue weighted by atomic mass is 35.5. The number of hydrogen-bond acceptors (Lipinski definition) is 3. The number of halogens is 1. The lowest BCUT2D eigenvalue weighted by Crippen LogP contribution is -2.38. The van der Waals surface area contributed by atoms with E-state index in [-0.39, 0.29) is 12.4 Å². The van der Waals surface area contributed by atoms with Crippen molar-refractivity contribution < 1.29 is 0 Å². The minimum Gasteiger partial charge on any atom is -0.353 e. The van der Waals surface area contributed by atoms with Crippen LogP contribution in [-0.4, -0.2) is 22.6 Å². The monoisotopic (exact) mass is 263 g/mol. The second kappa shape index (κ2) is 5.53. The Kier molecular flexibility index (Phi) is 4.02. The lowest BCUT2D eigenvalue weighted by atomic mass is 10.0. The Morgan fingerprint density at radius 1 is 1.17 bits per heavy atom. The molecule has 2 heterocycles. The summed E-state index contributed by atoms with van der Waals surface area (Å²) in [7, 11) is 0. The molecule has 0 saturated carbocycles. The van der Waals surface area contributed by atoms with Crippen molar-refractivity contribution in [2.24, 2.45) is 0 Å². The molecule has 96 valence electrons. The number of aromatic nitrogens is 2. The highest BCUT2D eigenvalue weighted by Gasteiger charge is 2.21. The third-order valence-electron chi connectivity index (χ3n) is 3.60. The Morgan fingerprint density at radius 2 is 2.00 bits per heavy atom. The standard InChI is InChI=1S/C14H17N3.ClH/c1-11-6-4-5-9-17(11)14-12-7-2-3-8-13(12)15-10-16-14;/h2-3,7-8,10-11H,4-6,9H2,1H3;1H. The van der Waals surface area contributed by atoms with E-state index >= 15 is 0 Å². The fourth-order valence-corrected chi connectivity index (χ4v) is 2.63. The number of rotatable bonds is 1. The van der Waals surface area contributed by atoms with Gasteiger partial charge in [-0.2, -0.15) is 0 Å². The third-order valence-corrected chi connectivity index (χ3v) is 3.60. The Labute approximate surface area is 114 Å². The van der Waals surface area contributed by atoms with E-state index in [0.717, 1.165) is 17.9 Å². The maximum Gasteiger partial charge on any atom is 0.140 e. The molecule has 1 aromatic carbocycles. The zero-order valence-corrected chi connectivity index (χ0v) is 11.4. The number of para-hydroxylation sites is 1. The van der Waals surface area contributed by atoms with Gasteiger partial charge in [-0.05, 0) is 38.3 Å². The van der Waals surface area contributed by atoms with Crippen molar-refractivity contribution in [2.75, 3.05) is 11.4 Å². The molecule has 0 spiro atoms. The highest BCUT2D eigenvalue weighted by Crippen LogP contribution is 2.28. The van der Waals surface area contributed by atoms with E-state index in [1.54, 1.807) is 6.33 Å². The first kappa shape index (κ1) is 13.1. The predicted octanol–water partition coefficient (Wildman–Crippen LogP) is 3.43. The molecule has 1 aromatic heterocycles. The van der Waals surface area contributed by atoms with Crippen LogP contribution in [0.25, 0.3) is 10.9 Å². The summed E-state index contributed by atoms with van der Waals surface area (Å²) in [4.78, 5) is 11.2. The summed E-state index contributed by atoms with van der Waals surface area (Å²) < 4.78 is 0. The van der Waals surface area contributed by atoms with E-state index in [2.05, 4.69) is 40.0 Å². The number of hydrogen-bond donors (Lipinski definition) is 0. The molecule has 3 nitrogen and oxygen atoms in total. The summed E-state index contributed by atoms with van der Waals surface area (Å²) in [6, 6.07) is 8.84. The highest BCUT2D eigenvalue weighted by molar-refractivity contribution is 5.89. The Bertz CT molecular complexity index is 524. The summed E-state index contributed by atoms with van der Waals surface area (Å²) in [5.74, 6) is 1.10. The Morgan fingerprint density at radius 3 is 2.83 bits per heavy atom. The smallest absolute Gasteiger partial charge is 0.140 e.